The Kier molecular flexibility index (Phi) is 31.1. The highest BCUT2D eigenvalue weighted by molar-refractivity contribution is 5.94. The van der Waals surface area contributed by atoms with Gasteiger partial charge in [0.1, 0.15) is 5.75 Å². The van der Waals surface area contributed by atoms with Crippen LogP contribution in [0.5, 0.6) is 5.75 Å². The van der Waals surface area contributed by atoms with Crippen molar-refractivity contribution in [3.8, 4) is 5.75 Å². The van der Waals surface area contributed by atoms with Gasteiger partial charge in [-0.25, -0.2) is 0 Å². The van der Waals surface area contributed by atoms with Crippen LogP contribution in [0.4, 0.5) is 0 Å². The molecule has 0 radical (unpaired) electrons. The van der Waals surface area contributed by atoms with Gasteiger partial charge in [-0.1, -0.05) is 383 Å². The Labute approximate surface area is 699 Å². The molecule has 1 nitrogen and oxygen atoms in total. The van der Waals surface area contributed by atoms with Crippen LogP contribution in [0, 0.1) is 69.2 Å². The summed E-state index contributed by atoms with van der Waals surface area (Å²) in [5.41, 5.74) is 32.3. The quantitative estimate of drug-likeness (QED) is 0.171. The monoisotopic (exact) mass is 1530 g/mol. The van der Waals surface area contributed by atoms with Crippen molar-refractivity contribution < 1.29 is 4.74 Å². The molecule has 1 aliphatic rings. The van der Waals surface area contributed by atoms with Gasteiger partial charge in [-0.3, -0.25) is 0 Å². The zero-order valence-electron chi connectivity index (χ0n) is 80.1. The standard InChI is InChI=1S/C20H26.C19H26.C18H24.C16H20O.C16H26.C13H20.C11H16/c1-14-16-11-7-8-12-17(16)18(15-9-5-6-10-15)13-19(14)20(2,3)4;1-13-14-10-8-9-11-15(14)17(19(5,6)7)12-16(13)18(2,3)4;1-12(2)16-11-17(18(4,5)6)13(3)14-9-7-8-10-15(14)16;1-11-12-8-6-7-9-13(12)15(17-5)10-14(11)16(2,3)4;1-11-9-13(15(3,4)5)10-14(12(11)2)16(6,7)8;1-9-7-10(2)11(3)12(8-9)13(4,5)6;1-9-7-5-6-8-10(9)11(2,3)4/h7-8,11-13,15H,5-6,9-10H2,1-4H3;8-12H,1-7H3;7-12H,1-6H3;6-10H,1-5H3;9-10H,1-8H3;7-8H,1-6H3;5-8H,1-4H3. The summed E-state index contributed by atoms with van der Waals surface area (Å²) in [4.78, 5) is 0. The van der Waals surface area contributed by atoms with E-state index in [1.807, 2.05) is 0 Å². The molecule has 11 aromatic rings. The van der Waals surface area contributed by atoms with Gasteiger partial charge in [0.15, 0.2) is 0 Å². The summed E-state index contributed by atoms with van der Waals surface area (Å²) in [5, 5.41) is 11.1. The first-order valence-electron chi connectivity index (χ1n) is 43.2. The lowest BCUT2D eigenvalue weighted by molar-refractivity contribution is 0.417. The van der Waals surface area contributed by atoms with Gasteiger partial charge >= 0.3 is 0 Å². The van der Waals surface area contributed by atoms with Crippen molar-refractivity contribution in [1.29, 1.82) is 0 Å². The first-order valence-corrected chi connectivity index (χ1v) is 43.2. The number of methoxy groups -OCH3 is 1. The van der Waals surface area contributed by atoms with E-state index < -0.39 is 0 Å². The Morgan fingerprint density at radius 1 is 0.263 bits per heavy atom. The molecule has 1 aliphatic carbocycles. The number of benzene rings is 11. The van der Waals surface area contributed by atoms with Gasteiger partial charge in [0.2, 0.25) is 0 Å². The third kappa shape index (κ3) is 24.2. The van der Waals surface area contributed by atoms with E-state index in [9.17, 15) is 0 Å². The Bertz CT molecular complexity index is 5050. The predicted molar refractivity (Wildman–Crippen MR) is 513 cm³/mol. The minimum absolute atomic E-state index is 0.140. The lowest BCUT2D eigenvalue weighted by Crippen LogP contribution is -2.18. The lowest BCUT2D eigenvalue weighted by Gasteiger charge is -2.29. The molecule has 12 rings (SSSR count). The van der Waals surface area contributed by atoms with Crippen molar-refractivity contribution in [2.75, 3.05) is 7.11 Å². The van der Waals surface area contributed by atoms with E-state index in [1.54, 1.807) is 12.7 Å². The zero-order valence-corrected chi connectivity index (χ0v) is 80.1. The molecule has 11 aromatic carbocycles. The molecule has 0 amide bonds. The van der Waals surface area contributed by atoms with Crippen molar-refractivity contribution >= 4 is 43.1 Å². The van der Waals surface area contributed by atoms with Crippen molar-refractivity contribution in [3.63, 3.8) is 0 Å². The summed E-state index contributed by atoms with van der Waals surface area (Å²) >= 11 is 0. The molecule has 114 heavy (non-hydrogen) atoms. The second-order valence-corrected chi connectivity index (χ2v) is 43.2. The van der Waals surface area contributed by atoms with Crippen LogP contribution in [-0.4, -0.2) is 7.11 Å². The Balaban J connectivity index is 0.000000209. The smallest absolute Gasteiger partial charge is 0.126 e. The van der Waals surface area contributed by atoms with Crippen LogP contribution in [0.3, 0.4) is 0 Å². The van der Waals surface area contributed by atoms with Gasteiger partial charge < -0.3 is 4.74 Å². The maximum atomic E-state index is 5.52. The van der Waals surface area contributed by atoms with E-state index in [0.29, 0.717) is 5.92 Å². The molecule has 0 N–H and O–H groups in total. The average molecular weight is 1530 g/mol. The molecule has 1 saturated carbocycles. The van der Waals surface area contributed by atoms with Crippen molar-refractivity contribution in [1.82, 2.24) is 0 Å². The highest BCUT2D eigenvalue weighted by Gasteiger charge is 2.29. The zero-order chi connectivity index (χ0) is 86.3. The van der Waals surface area contributed by atoms with E-state index in [2.05, 4.69) is 440 Å². The third-order valence-corrected chi connectivity index (χ3v) is 23.9. The fourth-order valence-corrected chi connectivity index (χ4v) is 17.4. The Morgan fingerprint density at radius 2 is 0.579 bits per heavy atom. The molecule has 0 aliphatic heterocycles. The van der Waals surface area contributed by atoms with Crippen LogP contribution < -0.4 is 4.74 Å². The highest BCUT2D eigenvalue weighted by atomic mass is 16.5. The fourth-order valence-electron chi connectivity index (χ4n) is 17.4. The van der Waals surface area contributed by atoms with Gasteiger partial charge in [-0.15, -0.1) is 0 Å². The van der Waals surface area contributed by atoms with Gasteiger partial charge in [0, 0.05) is 5.39 Å². The predicted octanol–water partition coefficient (Wildman–Crippen LogP) is 34.0. The highest BCUT2D eigenvalue weighted by Crippen LogP contribution is 2.45. The van der Waals surface area contributed by atoms with Gasteiger partial charge in [0.25, 0.3) is 0 Å². The van der Waals surface area contributed by atoms with Gasteiger partial charge in [0.05, 0.1) is 7.11 Å². The Hall–Kier alpha value is -7.74. The second-order valence-electron chi connectivity index (χ2n) is 43.2. The molecule has 0 atom stereocenters. The summed E-state index contributed by atoms with van der Waals surface area (Å²) < 4.78 is 5.52. The molecular weight excluding hydrogens is 1370 g/mol. The van der Waals surface area contributed by atoms with Crippen molar-refractivity contribution in [3.05, 3.63) is 287 Å². The summed E-state index contributed by atoms with van der Waals surface area (Å²) in [6.07, 6.45) is 5.54. The molecular formula is C113H158O. The first kappa shape index (κ1) is 95.1. The summed E-state index contributed by atoms with van der Waals surface area (Å²) in [6, 6.07) is 62.4. The van der Waals surface area contributed by atoms with E-state index in [4.69, 9.17) is 4.74 Å². The second kappa shape index (κ2) is 37.3. The molecule has 616 valence electrons. The summed E-state index contributed by atoms with van der Waals surface area (Å²) in [6.45, 7) is 88.5. The summed E-state index contributed by atoms with van der Waals surface area (Å²) in [7, 11) is 1.74. The largest absolute Gasteiger partial charge is 0.496 e. The van der Waals surface area contributed by atoms with E-state index in [1.165, 1.54) is 180 Å². The molecule has 1 heteroatoms. The van der Waals surface area contributed by atoms with Crippen LogP contribution in [0.1, 0.15) is 355 Å². The first-order chi connectivity index (χ1) is 52.2. The van der Waals surface area contributed by atoms with Gasteiger partial charge in [-0.05, 0) is 298 Å². The third-order valence-electron chi connectivity index (χ3n) is 23.9. The lowest BCUT2D eigenvalue weighted by atomic mass is 9.76. The number of hydrogen-bond acceptors (Lipinski definition) is 1. The maximum Gasteiger partial charge on any atom is 0.126 e. The number of hydrogen-bond donors (Lipinski definition) is 0. The minimum Gasteiger partial charge on any atom is -0.496 e. The van der Waals surface area contributed by atoms with Crippen LogP contribution >= 0.6 is 0 Å². The molecule has 0 aromatic heterocycles. The van der Waals surface area contributed by atoms with Crippen LogP contribution in [0.15, 0.2) is 170 Å². The van der Waals surface area contributed by atoms with E-state index >= 15 is 0 Å². The van der Waals surface area contributed by atoms with Crippen LogP contribution in [0.25, 0.3) is 43.1 Å². The number of aryl methyl sites for hydroxylation is 8. The number of fused-ring (bicyclic) bond motifs is 4. The molecule has 0 saturated heterocycles. The van der Waals surface area contributed by atoms with Gasteiger partial charge in [-0.2, -0.15) is 0 Å². The van der Waals surface area contributed by atoms with Crippen molar-refractivity contribution in [2.45, 2.75) is 356 Å². The Morgan fingerprint density at radius 3 is 0.974 bits per heavy atom. The molecule has 0 unspecified atom stereocenters. The molecule has 1 fully saturated rings. The SMILES string of the molecule is COc1cc(C(C)(C)C)c(C)c2ccccc12.Cc1c(C(C)(C)C)cc(C(C)(C)C)c2ccccc12.Cc1c(C(C)(C)C)cc(C(C)C)c2ccccc12.Cc1c(C(C)(C)C)cc(C2CCCC2)c2ccccc12.Cc1cc(C(C)(C)C)cc(C(C)(C)C)c1C.Cc1cc(C)c(C)c(C(C)(C)C)c1.Cc1ccccc1C(C)(C)C. The van der Waals surface area contributed by atoms with E-state index in [0.717, 1.165) is 11.7 Å². The maximum absolute atomic E-state index is 5.52. The normalized spacial score (nSPS) is 13.2. The molecule has 0 bridgehead atoms. The minimum atomic E-state index is 0.140. The average Bonchev–Trinajstić information content (AvgIpc) is 1.17. The fraction of sp³-hybridized carbons (Fsp3) is 0.487. The number of ether oxygens (including phenoxy) is 1. The van der Waals surface area contributed by atoms with Crippen molar-refractivity contribution in [2.24, 2.45) is 0 Å². The van der Waals surface area contributed by atoms with Crippen LogP contribution in [-0.2, 0) is 48.7 Å². The molecule has 0 spiro atoms. The van der Waals surface area contributed by atoms with Crippen LogP contribution in [0.2, 0.25) is 0 Å². The summed E-state index contributed by atoms with van der Waals surface area (Å²) in [5.74, 6) is 2.31. The van der Waals surface area contributed by atoms with E-state index in [-0.39, 0.29) is 48.7 Å². The number of rotatable bonds is 3. The topological polar surface area (TPSA) is 9.23 Å². The molecule has 0 heterocycles.